The molecular weight excluding hydrogens is 388 g/mol. The van der Waals surface area contributed by atoms with E-state index in [-0.39, 0.29) is 10.8 Å². The number of anilines is 1. The van der Waals surface area contributed by atoms with E-state index in [1.165, 1.54) is 12.1 Å². The standard InChI is InChI=1S/C22H20N2O4S/c1-15-22(25)23-19-14-18(12-13-20(19)28-15)29(26,27)24-21(16-8-4-2-5-9-16)17-10-6-3-7-11-17/h2-15,21,24H,1H3,(H,23,25). The number of hydrogen-bond donors (Lipinski definition) is 2. The van der Waals surface area contributed by atoms with Crippen LogP contribution in [-0.4, -0.2) is 20.4 Å². The Morgan fingerprint density at radius 1 is 0.931 bits per heavy atom. The van der Waals surface area contributed by atoms with Gasteiger partial charge in [-0.15, -0.1) is 0 Å². The van der Waals surface area contributed by atoms with E-state index in [0.717, 1.165) is 11.1 Å². The third kappa shape index (κ3) is 4.01. The molecule has 1 heterocycles. The molecule has 1 atom stereocenters. The highest BCUT2D eigenvalue weighted by atomic mass is 32.2. The summed E-state index contributed by atoms with van der Waals surface area (Å²) in [6, 6.07) is 22.6. The Balaban J connectivity index is 1.69. The highest BCUT2D eigenvalue weighted by Crippen LogP contribution is 2.32. The van der Waals surface area contributed by atoms with Crippen molar-refractivity contribution in [2.75, 3.05) is 5.32 Å². The SMILES string of the molecule is CC1Oc2ccc(S(=O)(=O)NC(c3ccccc3)c3ccccc3)cc2NC1=O. The predicted octanol–water partition coefficient (Wildman–Crippen LogP) is 3.47. The molecular formula is C22H20N2O4S. The van der Waals surface area contributed by atoms with Gasteiger partial charge in [-0.25, -0.2) is 8.42 Å². The first-order valence-electron chi connectivity index (χ1n) is 9.18. The minimum Gasteiger partial charge on any atom is -0.479 e. The summed E-state index contributed by atoms with van der Waals surface area (Å²) in [7, 11) is -3.88. The molecule has 0 aliphatic carbocycles. The molecule has 1 amide bonds. The lowest BCUT2D eigenvalue weighted by atomic mass is 10.00. The van der Waals surface area contributed by atoms with Gasteiger partial charge in [0, 0.05) is 0 Å². The Kier molecular flexibility index (Phi) is 5.08. The molecule has 0 aromatic heterocycles. The average Bonchev–Trinajstić information content (AvgIpc) is 2.74. The molecule has 0 saturated heterocycles. The van der Waals surface area contributed by atoms with Crippen LogP contribution in [0.25, 0.3) is 0 Å². The van der Waals surface area contributed by atoms with Crippen LogP contribution in [0, 0.1) is 0 Å². The first-order chi connectivity index (χ1) is 13.9. The second-order valence-electron chi connectivity index (χ2n) is 6.78. The summed E-state index contributed by atoms with van der Waals surface area (Å²) < 4.78 is 34.6. The van der Waals surface area contributed by atoms with Crippen LogP contribution >= 0.6 is 0 Å². The molecule has 148 valence electrons. The number of ether oxygens (including phenoxy) is 1. The molecule has 4 rings (SSSR count). The fraction of sp³-hybridized carbons (Fsp3) is 0.136. The summed E-state index contributed by atoms with van der Waals surface area (Å²) in [5, 5.41) is 2.68. The lowest BCUT2D eigenvalue weighted by Crippen LogP contribution is -2.34. The fourth-order valence-corrected chi connectivity index (χ4v) is 4.44. The first kappa shape index (κ1) is 19.2. The van der Waals surface area contributed by atoms with Crippen molar-refractivity contribution in [1.82, 2.24) is 4.72 Å². The number of amides is 1. The molecule has 1 aliphatic heterocycles. The Hall–Kier alpha value is -3.16. The lowest BCUT2D eigenvalue weighted by molar-refractivity contribution is -0.122. The highest BCUT2D eigenvalue weighted by Gasteiger charge is 2.27. The molecule has 1 unspecified atom stereocenters. The van der Waals surface area contributed by atoms with E-state index in [2.05, 4.69) is 10.0 Å². The quantitative estimate of drug-likeness (QED) is 0.677. The van der Waals surface area contributed by atoms with Gasteiger partial charge < -0.3 is 10.1 Å². The summed E-state index contributed by atoms with van der Waals surface area (Å²) >= 11 is 0. The number of nitrogens with one attached hydrogen (secondary N) is 2. The molecule has 0 saturated carbocycles. The van der Waals surface area contributed by atoms with E-state index in [1.54, 1.807) is 13.0 Å². The monoisotopic (exact) mass is 408 g/mol. The lowest BCUT2D eigenvalue weighted by Gasteiger charge is -2.24. The van der Waals surface area contributed by atoms with Gasteiger partial charge in [-0.3, -0.25) is 4.79 Å². The normalized spacial score (nSPS) is 16.1. The molecule has 7 heteroatoms. The minimum atomic E-state index is -3.88. The van der Waals surface area contributed by atoms with Crippen molar-refractivity contribution in [2.24, 2.45) is 0 Å². The van der Waals surface area contributed by atoms with E-state index < -0.39 is 22.2 Å². The Labute approximate surface area is 169 Å². The molecule has 6 nitrogen and oxygen atoms in total. The second-order valence-corrected chi connectivity index (χ2v) is 8.50. The van der Waals surface area contributed by atoms with Crippen molar-refractivity contribution >= 4 is 21.6 Å². The third-order valence-electron chi connectivity index (χ3n) is 4.73. The van der Waals surface area contributed by atoms with Crippen molar-refractivity contribution in [3.63, 3.8) is 0 Å². The summed E-state index contributed by atoms with van der Waals surface area (Å²) in [6.45, 7) is 1.63. The molecule has 1 aliphatic rings. The number of carbonyl (C=O) groups is 1. The summed E-state index contributed by atoms with van der Waals surface area (Å²) in [5.41, 5.74) is 1.99. The van der Waals surface area contributed by atoms with Crippen LogP contribution < -0.4 is 14.8 Å². The predicted molar refractivity (Wildman–Crippen MR) is 110 cm³/mol. The number of carbonyl (C=O) groups excluding carboxylic acids is 1. The Bertz CT molecular complexity index is 1090. The van der Waals surface area contributed by atoms with Crippen molar-refractivity contribution in [2.45, 2.75) is 24.0 Å². The van der Waals surface area contributed by atoms with Gasteiger partial charge in [0.2, 0.25) is 10.0 Å². The Morgan fingerprint density at radius 3 is 2.10 bits per heavy atom. The topological polar surface area (TPSA) is 84.5 Å². The first-order valence-corrected chi connectivity index (χ1v) is 10.7. The van der Waals surface area contributed by atoms with Gasteiger partial charge in [-0.2, -0.15) is 4.72 Å². The van der Waals surface area contributed by atoms with Gasteiger partial charge in [0.1, 0.15) is 5.75 Å². The van der Waals surface area contributed by atoms with E-state index in [1.807, 2.05) is 60.7 Å². The molecule has 3 aromatic carbocycles. The number of sulfonamides is 1. The average molecular weight is 408 g/mol. The van der Waals surface area contributed by atoms with Gasteiger partial charge >= 0.3 is 0 Å². The van der Waals surface area contributed by atoms with Crippen molar-refractivity contribution in [3.8, 4) is 5.75 Å². The molecule has 2 N–H and O–H groups in total. The molecule has 0 radical (unpaired) electrons. The van der Waals surface area contributed by atoms with Crippen LogP contribution in [-0.2, 0) is 14.8 Å². The van der Waals surface area contributed by atoms with Gasteiger partial charge in [0.05, 0.1) is 16.6 Å². The van der Waals surface area contributed by atoms with Gasteiger partial charge in [0.25, 0.3) is 5.91 Å². The van der Waals surface area contributed by atoms with Crippen LogP contribution in [0.1, 0.15) is 24.1 Å². The minimum absolute atomic E-state index is 0.0477. The van der Waals surface area contributed by atoms with Crippen LogP contribution in [0.5, 0.6) is 5.75 Å². The second kappa shape index (κ2) is 7.69. The zero-order valence-electron chi connectivity index (χ0n) is 15.7. The molecule has 29 heavy (non-hydrogen) atoms. The van der Waals surface area contributed by atoms with Crippen LogP contribution in [0.4, 0.5) is 5.69 Å². The fourth-order valence-electron chi connectivity index (χ4n) is 3.20. The van der Waals surface area contributed by atoms with E-state index in [0.29, 0.717) is 11.4 Å². The number of rotatable bonds is 5. The Morgan fingerprint density at radius 2 is 1.52 bits per heavy atom. The maximum atomic E-state index is 13.2. The van der Waals surface area contributed by atoms with Gasteiger partial charge in [-0.05, 0) is 36.2 Å². The smallest absolute Gasteiger partial charge is 0.265 e. The van der Waals surface area contributed by atoms with Crippen molar-refractivity contribution in [3.05, 3.63) is 90.0 Å². The number of fused-ring (bicyclic) bond motifs is 1. The van der Waals surface area contributed by atoms with Gasteiger partial charge in [0.15, 0.2) is 6.10 Å². The van der Waals surface area contributed by atoms with Crippen LogP contribution in [0.15, 0.2) is 83.8 Å². The molecule has 3 aromatic rings. The third-order valence-corrected chi connectivity index (χ3v) is 6.15. The maximum Gasteiger partial charge on any atom is 0.265 e. The molecule has 0 fully saturated rings. The molecule has 0 bridgehead atoms. The zero-order chi connectivity index (χ0) is 20.4. The number of hydrogen-bond acceptors (Lipinski definition) is 4. The van der Waals surface area contributed by atoms with Crippen molar-refractivity contribution < 1.29 is 17.9 Å². The van der Waals surface area contributed by atoms with E-state index in [4.69, 9.17) is 4.74 Å². The van der Waals surface area contributed by atoms with E-state index in [9.17, 15) is 13.2 Å². The van der Waals surface area contributed by atoms with Crippen LogP contribution in [0.2, 0.25) is 0 Å². The van der Waals surface area contributed by atoms with Crippen molar-refractivity contribution in [1.29, 1.82) is 0 Å². The van der Waals surface area contributed by atoms with Gasteiger partial charge in [-0.1, -0.05) is 60.7 Å². The largest absolute Gasteiger partial charge is 0.479 e. The van der Waals surface area contributed by atoms with E-state index >= 15 is 0 Å². The zero-order valence-corrected chi connectivity index (χ0v) is 16.5. The summed E-state index contributed by atoms with van der Waals surface area (Å²) in [4.78, 5) is 11.9. The number of benzene rings is 3. The van der Waals surface area contributed by atoms with Crippen LogP contribution in [0.3, 0.4) is 0 Å². The highest BCUT2D eigenvalue weighted by molar-refractivity contribution is 7.89. The summed E-state index contributed by atoms with van der Waals surface area (Å²) in [6.07, 6.45) is -0.622. The molecule has 0 spiro atoms. The summed E-state index contributed by atoms with van der Waals surface area (Å²) in [5.74, 6) is 0.130. The maximum absolute atomic E-state index is 13.2.